The summed E-state index contributed by atoms with van der Waals surface area (Å²) < 4.78 is 7.47. The molecule has 0 fully saturated rings. The van der Waals surface area contributed by atoms with Crippen LogP contribution in [0.1, 0.15) is 32.0 Å². The Hall–Kier alpha value is -1.34. The van der Waals surface area contributed by atoms with Crippen molar-refractivity contribution in [1.82, 2.24) is 4.98 Å². The number of nitrogens with zero attached hydrogens (tertiary/aromatic N) is 2. The zero-order valence-corrected chi connectivity index (χ0v) is 9.91. The first-order valence-electron chi connectivity index (χ1n) is 5.89. The van der Waals surface area contributed by atoms with Crippen molar-refractivity contribution in [3.05, 3.63) is 18.2 Å². The van der Waals surface area contributed by atoms with Gasteiger partial charge in [-0.05, 0) is 19.8 Å². The Morgan fingerprint density at radius 1 is 1.50 bits per heavy atom. The van der Waals surface area contributed by atoms with E-state index in [0.29, 0.717) is 6.42 Å². The number of rotatable bonds is 8. The number of ether oxygens (including phenoxy) is 1. The second-order valence-electron chi connectivity index (χ2n) is 3.66. The van der Waals surface area contributed by atoms with Crippen LogP contribution in [0.3, 0.4) is 0 Å². The minimum absolute atomic E-state index is 0.569. The fourth-order valence-electron chi connectivity index (χ4n) is 1.63. The number of hydrogen-bond donors (Lipinski definition) is 1. The largest absolute Gasteiger partial charge is 0.382 e. The lowest BCUT2D eigenvalue weighted by molar-refractivity contribution is -0.703. The van der Waals surface area contributed by atoms with Crippen LogP contribution >= 0.6 is 0 Å². The highest BCUT2D eigenvalue weighted by Crippen LogP contribution is 1.95. The Morgan fingerprint density at radius 3 is 3.12 bits per heavy atom. The van der Waals surface area contributed by atoms with E-state index in [0.717, 1.165) is 44.8 Å². The summed E-state index contributed by atoms with van der Waals surface area (Å²) in [4.78, 5) is 3.17. The van der Waals surface area contributed by atoms with E-state index in [-0.39, 0.29) is 0 Å². The van der Waals surface area contributed by atoms with E-state index in [4.69, 9.17) is 10.00 Å². The molecule has 0 amide bonds. The zero-order valence-electron chi connectivity index (χ0n) is 9.91. The maximum Gasteiger partial charge on any atom is 0.255 e. The molecule has 16 heavy (non-hydrogen) atoms. The van der Waals surface area contributed by atoms with Crippen molar-refractivity contribution >= 4 is 0 Å². The van der Waals surface area contributed by atoms with Gasteiger partial charge in [0.2, 0.25) is 0 Å². The molecule has 1 N–H and O–H groups in total. The Kier molecular flexibility index (Phi) is 6.28. The highest BCUT2D eigenvalue weighted by molar-refractivity contribution is 4.82. The predicted octanol–water partition coefficient (Wildman–Crippen LogP) is 1.58. The molecule has 0 aliphatic heterocycles. The van der Waals surface area contributed by atoms with E-state index in [1.807, 2.05) is 19.3 Å². The number of aromatic nitrogens is 2. The molecule has 0 spiro atoms. The molecule has 4 nitrogen and oxygen atoms in total. The van der Waals surface area contributed by atoms with E-state index in [1.165, 1.54) is 0 Å². The summed E-state index contributed by atoms with van der Waals surface area (Å²) in [6, 6.07) is 2.16. The van der Waals surface area contributed by atoms with Crippen LogP contribution in [0.4, 0.5) is 0 Å². The quantitative estimate of drug-likeness (QED) is 0.536. The maximum absolute atomic E-state index is 8.54. The zero-order chi connectivity index (χ0) is 11.6. The summed E-state index contributed by atoms with van der Waals surface area (Å²) in [7, 11) is 0. The SMILES string of the molecule is CCOCCCC[n+]1cc[nH]c1CCC#N. The van der Waals surface area contributed by atoms with E-state index < -0.39 is 0 Å². The topological polar surface area (TPSA) is 52.7 Å². The molecule has 1 heterocycles. The lowest BCUT2D eigenvalue weighted by Crippen LogP contribution is -2.36. The number of imidazole rings is 1. The monoisotopic (exact) mass is 222 g/mol. The van der Waals surface area contributed by atoms with Gasteiger partial charge in [-0.3, -0.25) is 0 Å². The van der Waals surface area contributed by atoms with Gasteiger partial charge in [0.1, 0.15) is 12.4 Å². The minimum Gasteiger partial charge on any atom is -0.382 e. The molecule has 0 atom stereocenters. The third-order valence-corrected chi connectivity index (χ3v) is 2.47. The van der Waals surface area contributed by atoms with Crippen LogP contribution in [-0.2, 0) is 17.7 Å². The molecule has 0 saturated carbocycles. The van der Waals surface area contributed by atoms with Crippen molar-refractivity contribution < 1.29 is 9.30 Å². The standard InChI is InChI=1S/C12H19N3O/c1-2-16-11-4-3-9-15-10-8-14-12(15)6-5-7-13/h8,10H,2-6,9,11H2,1H3/p+1. The Bertz CT molecular complexity index is 327. The normalized spacial score (nSPS) is 10.2. The van der Waals surface area contributed by atoms with Gasteiger partial charge in [-0.15, -0.1) is 0 Å². The molecular weight excluding hydrogens is 202 g/mol. The minimum atomic E-state index is 0.569. The molecule has 0 bridgehead atoms. The molecule has 1 aromatic rings. The van der Waals surface area contributed by atoms with Crippen LogP contribution in [0.25, 0.3) is 0 Å². The molecular formula is C12H20N3O+. The molecule has 0 aromatic carbocycles. The fraction of sp³-hybridized carbons (Fsp3) is 0.667. The van der Waals surface area contributed by atoms with E-state index in [9.17, 15) is 0 Å². The van der Waals surface area contributed by atoms with Gasteiger partial charge in [0, 0.05) is 19.6 Å². The Balaban J connectivity index is 2.25. The number of unbranched alkanes of at least 4 members (excludes halogenated alkanes) is 1. The second-order valence-corrected chi connectivity index (χ2v) is 3.66. The van der Waals surface area contributed by atoms with Gasteiger partial charge in [0.15, 0.2) is 0 Å². The summed E-state index contributed by atoms with van der Waals surface area (Å²) in [5.41, 5.74) is 0. The number of H-pyrrole nitrogens is 1. The molecule has 0 saturated heterocycles. The summed E-state index contributed by atoms with van der Waals surface area (Å²) in [5, 5.41) is 8.54. The molecule has 0 aliphatic carbocycles. The lowest BCUT2D eigenvalue weighted by atomic mass is 10.3. The molecule has 4 heteroatoms. The first-order valence-corrected chi connectivity index (χ1v) is 5.89. The predicted molar refractivity (Wildman–Crippen MR) is 60.6 cm³/mol. The average Bonchev–Trinajstić information content (AvgIpc) is 2.74. The van der Waals surface area contributed by atoms with Crippen molar-refractivity contribution in [2.75, 3.05) is 13.2 Å². The smallest absolute Gasteiger partial charge is 0.255 e. The Morgan fingerprint density at radius 2 is 2.38 bits per heavy atom. The number of nitrogens with one attached hydrogen (secondary N) is 1. The van der Waals surface area contributed by atoms with Crippen LogP contribution in [-0.4, -0.2) is 18.2 Å². The molecule has 1 rings (SSSR count). The summed E-state index contributed by atoms with van der Waals surface area (Å²) in [6.45, 7) is 4.65. The van der Waals surface area contributed by atoms with Crippen molar-refractivity contribution in [3.63, 3.8) is 0 Å². The van der Waals surface area contributed by atoms with Crippen LogP contribution < -0.4 is 4.57 Å². The van der Waals surface area contributed by atoms with Gasteiger partial charge in [-0.1, -0.05) is 0 Å². The van der Waals surface area contributed by atoms with Gasteiger partial charge in [-0.2, -0.15) is 5.26 Å². The highest BCUT2D eigenvalue weighted by atomic mass is 16.5. The van der Waals surface area contributed by atoms with Crippen molar-refractivity contribution in [1.29, 1.82) is 5.26 Å². The maximum atomic E-state index is 8.54. The number of aryl methyl sites for hydroxylation is 2. The third-order valence-electron chi connectivity index (χ3n) is 2.47. The van der Waals surface area contributed by atoms with Gasteiger partial charge in [0.05, 0.1) is 19.0 Å². The lowest BCUT2D eigenvalue weighted by Gasteiger charge is -2.01. The van der Waals surface area contributed by atoms with Crippen LogP contribution in [0.15, 0.2) is 12.4 Å². The van der Waals surface area contributed by atoms with E-state index >= 15 is 0 Å². The van der Waals surface area contributed by atoms with Crippen molar-refractivity contribution in [3.8, 4) is 6.07 Å². The molecule has 0 aliphatic rings. The number of nitriles is 1. The molecule has 88 valence electrons. The van der Waals surface area contributed by atoms with Gasteiger partial charge < -0.3 is 4.74 Å². The number of aromatic amines is 1. The summed E-state index contributed by atoms with van der Waals surface area (Å²) >= 11 is 0. The third kappa shape index (κ3) is 4.45. The highest BCUT2D eigenvalue weighted by Gasteiger charge is 2.08. The number of hydrogen-bond acceptors (Lipinski definition) is 2. The molecule has 1 aromatic heterocycles. The summed E-state index contributed by atoms with van der Waals surface area (Å²) in [6.07, 6.45) is 7.53. The Labute approximate surface area is 96.9 Å². The fourth-order valence-corrected chi connectivity index (χ4v) is 1.63. The average molecular weight is 222 g/mol. The molecule has 0 radical (unpaired) electrons. The summed E-state index contributed by atoms with van der Waals surface area (Å²) in [5.74, 6) is 1.14. The van der Waals surface area contributed by atoms with Crippen LogP contribution in [0.2, 0.25) is 0 Å². The van der Waals surface area contributed by atoms with Crippen molar-refractivity contribution in [2.45, 2.75) is 39.2 Å². The van der Waals surface area contributed by atoms with Gasteiger partial charge >= 0.3 is 0 Å². The molecule has 0 unspecified atom stereocenters. The van der Waals surface area contributed by atoms with Crippen LogP contribution in [0, 0.1) is 11.3 Å². The van der Waals surface area contributed by atoms with Crippen molar-refractivity contribution in [2.24, 2.45) is 0 Å². The first-order chi connectivity index (χ1) is 7.88. The van der Waals surface area contributed by atoms with E-state index in [1.54, 1.807) is 0 Å². The van der Waals surface area contributed by atoms with E-state index in [2.05, 4.69) is 15.6 Å². The van der Waals surface area contributed by atoms with Gasteiger partial charge in [0.25, 0.3) is 5.82 Å². The van der Waals surface area contributed by atoms with Crippen LogP contribution in [0.5, 0.6) is 0 Å². The van der Waals surface area contributed by atoms with Gasteiger partial charge in [-0.25, -0.2) is 9.55 Å². The first kappa shape index (κ1) is 12.7. The second kappa shape index (κ2) is 7.89.